The van der Waals surface area contributed by atoms with Crippen LogP contribution in [0.5, 0.6) is 0 Å². The smallest absolute Gasteiger partial charge is 0.306 e. The fourth-order valence-electron chi connectivity index (χ4n) is 6.65. The van der Waals surface area contributed by atoms with Crippen LogP contribution in [0.4, 0.5) is 0 Å². The third-order valence-corrected chi connectivity index (χ3v) is 10.2. The van der Waals surface area contributed by atoms with E-state index < -0.39 is 6.10 Å². The van der Waals surface area contributed by atoms with E-state index in [9.17, 15) is 14.4 Å². The van der Waals surface area contributed by atoms with Gasteiger partial charge in [0.15, 0.2) is 6.10 Å². The number of allylic oxidation sites excluding steroid dienone is 4. The zero-order valence-electron chi connectivity index (χ0n) is 36.0. The van der Waals surface area contributed by atoms with Crippen molar-refractivity contribution in [2.45, 2.75) is 252 Å². The summed E-state index contributed by atoms with van der Waals surface area (Å²) >= 11 is 0. The topological polar surface area (TPSA) is 78.9 Å². The Balaban J connectivity index is 4.26. The molecule has 54 heavy (non-hydrogen) atoms. The summed E-state index contributed by atoms with van der Waals surface area (Å²) in [6, 6.07) is 0. The summed E-state index contributed by atoms with van der Waals surface area (Å²) in [6.45, 7) is 6.58. The molecule has 6 nitrogen and oxygen atoms in total. The van der Waals surface area contributed by atoms with E-state index in [1.807, 2.05) is 0 Å². The lowest BCUT2D eigenvalue weighted by atomic mass is 10.1. The van der Waals surface area contributed by atoms with E-state index in [0.717, 1.165) is 70.6 Å². The van der Waals surface area contributed by atoms with Crippen molar-refractivity contribution in [3.8, 4) is 0 Å². The molecule has 0 aliphatic heterocycles. The minimum absolute atomic E-state index is 0.0704. The molecule has 0 saturated carbocycles. The Kier molecular flexibility index (Phi) is 41.9. The molecule has 1 unspecified atom stereocenters. The van der Waals surface area contributed by atoms with Crippen LogP contribution >= 0.6 is 0 Å². The van der Waals surface area contributed by atoms with Crippen LogP contribution in [0, 0.1) is 0 Å². The molecule has 1 atom stereocenters. The first-order valence-corrected chi connectivity index (χ1v) is 23.3. The minimum Gasteiger partial charge on any atom is -0.462 e. The van der Waals surface area contributed by atoms with Crippen molar-refractivity contribution in [1.29, 1.82) is 0 Å². The highest BCUT2D eigenvalue weighted by Gasteiger charge is 2.19. The van der Waals surface area contributed by atoms with E-state index in [4.69, 9.17) is 14.2 Å². The number of rotatable bonds is 42. The molecule has 0 amide bonds. The van der Waals surface area contributed by atoms with Crippen molar-refractivity contribution < 1.29 is 28.6 Å². The first-order chi connectivity index (χ1) is 26.5. The van der Waals surface area contributed by atoms with E-state index in [1.54, 1.807) is 0 Å². The Bertz CT molecular complexity index is 880. The number of carbonyl (C=O) groups is 3. The first-order valence-electron chi connectivity index (χ1n) is 23.3. The molecule has 0 heterocycles. The summed E-state index contributed by atoms with van der Waals surface area (Å²) < 4.78 is 16.7. The lowest BCUT2D eigenvalue weighted by Crippen LogP contribution is -2.30. The molecule has 0 aromatic heterocycles. The SMILES string of the molecule is CCCCCC/C=C\C/C=C\CCCCCCCCCC(=O)OCC(COC(=O)CCCCCCCCCCC)OC(=O)CCCCCCCCCCC. The molecule has 0 radical (unpaired) electrons. The molecular formula is C48H88O6. The maximum atomic E-state index is 12.6. The van der Waals surface area contributed by atoms with E-state index in [2.05, 4.69) is 45.1 Å². The molecule has 0 aromatic rings. The van der Waals surface area contributed by atoms with Crippen LogP contribution in [0.3, 0.4) is 0 Å². The fourth-order valence-corrected chi connectivity index (χ4v) is 6.65. The Morgan fingerprint density at radius 3 is 1.04 bits per heavy atom. The molecule has 0 aliphatic carbocycles. The van der Waals surface area contributed by atoms with Gasteiger partial charge in [0.05, 0.1) is 0 Å². The van der Waals surface area contributed by atoms with Crippen LogP contribution in [-0.2, 0) is 28.6 Å². The van der Waals surface area contributed by atoms with Gasteiger partial charge >= 0.3 is 17.9 Å². The number of esters is 3. The van der Waals surface area contributed by atoms with Gasteiger partial charge in [-0.15, -0.1) is 0 Å². The predicted molar refractivity (Wildman–Crippen MR) is 229 cm³/mol. The van der Waals surface area contributed by atoms with E-state index in [-0.39, 0.29) is 31.1 Å². The zero-order chi connectivity index (χ0) is 39.4. The van der Waals surface area contributed by atoms with Crippen LogP contribution in [0.15, 0.2) is 24.3 Å². The van der Waals surface area contributed by atoms with Crippen molar-refractivity contribution in [2.75, 3.05) is 13.2 Å². The highest BCUT2D eigenvalue weighted by Crippen LogP contribution is 2.14. The van der Waals surface area contributed by atoms with Gasteiger partial charge in [0.2, 0.25) is 0 Å². The van der Waals surface area contributed by atoms with E-state index in [1.165, 1.54) is 135 Å². The Hall–Kier alpha value is -2.11. The Morgan fingerprint density at radius 2 is 0.667 bits per heavy atom. The number of ether oxygens (including phenoxy) is 3. The van der Waals surface area contributed by atoms with Crippen LogP contribution in [0.2, 0.25) is 0 Å². The maximum absolute atomic E-state index is 12.6. The van der Waals surface area contributed by atoms with Crippen LogP contribution in [0.25, 0.3) is 0 Å². The van der Waals surface area contributed by atoms with Gasteiger partial charge in [-0.1, -0.05) is 199 Å². The summed E-state index contributed by atoms with van der Waals surface area (Å²) in [5, 5.41) is 0. The Morgan fingerprint density at radius 1 is 0.370 bits per heavy atom. The Labute approximate surface area is 334 Å². The fraction of sp³-hybridized carbons (Fsp3) is 0.854. The van der Waals surface area contributed by atoms with Gasteiger partial charge < -0.3 is 14.2 Å². The van der Waals surface area contributed by atoms with Crippen molar-refractivity contribution in [3.63, 3.8) is 0 Å². The molecule has 0 spiro atoms. The van der Waals surface area contributed by atoms with Crippen molar-refractivity contribution in [2.24, 2.45) is 0 Å². The largest absolute Gasteiger partial charge is 0.462 e. The summed E-state index contributed by atoms with van der Waals surface area (Å²) in [5.74, 6) is -0.878. The molecule has 316 valence electrons. The quantitative estimate of drug-likeness (QED) is 0.0267. The molecule has 0 aliphatic rings. The average molecular weight is 761 g/mol. The van der Waals surface area contributed by atoms with Gasteiger partial charge in [-0.25, -0.2) is 0 Å². The first kappa shape index (κ1) is 51.9. The van der Waals surface area contributed by atoms with Gasteiger partial charge in [-0.05, 0) is 51.4 Å². The van der Waals surface area contributed by atoms with Gasteiger partial charge in [-0.2, -0.15) is 0 Å². The second kappa shape index (κ2) is 43.6. The maximum Gasteiger partial charge on any atom is 0.306 e. The molecule has 0 saturated heterocycles. The number of carbonyl (C=O) groups excluding carboxylic acids is 3. The summed E-state index contributed by atoms with van der Waals surface area (Å²) in [7, 11) is 0. The molecule has 0 N–H and O–H groups in total. The third kappa shape index (κ3) is 41.1. The lowest BCUT2D eigenvalue weighted by molar-refractivity contribution is -0.167. The number of unbranched alkanes of at least 4 members (excludes halogenated alkanes) is 27. The third-order valence-electron chi connectivity index (χ3n) is 10.2. The van der Waals surface area contributed by atoms with Crippen molar-refractivity contribution in [3.05, 3.63) is 24.3 Å². The molecular weight excluding hydrogens is 673 g/mol. The number of hydrogen-bond donors (Lipinski definition) is 0. The standard InChI is InChI=1S/C48H88O6/c1-4-7-10-13-16-19-20-21-22-23-24-25-26-27-30-32-35-38-41-47(50)53-44-45(54-48(51)42-39-36-33-29-18-15-12-9-6-3)43-52-46(49)40-37-34-31-28-17-14-11-8-5-2/h19-20,22-23,45H,4-18,21,24-44H2,1-3H3/b20-19-,23-22-. The highest BCUT2D eigenvalue weighted by atomic mass is 16.6. The molecule has 0 fully saturated rings. The van der Waals surface area contributed by atoms with E-state index in [0.29, 0.717) is 19.3 Å². The second-order valence-corrected chi connectivity index (χ2v) is 15.7. The van der Waals surface area contributed by atoms with Gasteiger partial charge in [0.1, 0.15) is 13.2 Å². The van der Waals surface area contributed by atoms with Gasteiger partial charge in [-0.3, -0.25) is 14.4 Å². The van der Waals surface area contributed by atoms with Crippen LogP contribution < -0.4 is 0 Å². The summed E-state index contributed by atoms with van der Waals surface area (Å²) in [6.07, 6.45) is 47.3. The van der Waals surface area contributed by atoms with Crippen LogP contribution in [-0.4, -0.2) is 37.2 Å². The summed E-state index contributed by atoms with van der Waals surface area (Å²) in [5.41, 5.74) is 0. The lowest BCUT2D eigenvalue weighted by Gasteiger charge is -2.18. The normalized spacial score (nSPS) is 12.1. The van der Waals surface area contributed by atoms with E-state index >= 15 is 0 Å². The molecule has 0 rings (SSSR count). The zero-order valence-corrected chi connectivity index (χ0v) is 36.0. The predicted octanol–water partition coefficient (Wildman–Crippen LogP) is 14.8. The molecule has 0 bridgehead atoms. The monoisotopic (exact) mass is 761 g/mol. The summed E-state index contributed by atoms with van der Waals surface area (Å²) in [4.78, 5) is 37.6. The highest BCUT2D eigenvalue weighted by molar-refractivity contribution is 5.71. The second-order valence-electron chi connectivity index (χ2n) is 15.7. The van der Waals surface area contributed by atoms with Crippen molar-refractivity contribution >= 4 is 17.9 Å². The van der Waals surface area contributed by atoms with Gasteiger partial charge in [0, 0.05) is 19.3 Å². The van der Waals surface area contributed by atoms with Crippen molar-refractivity contribution in [1.82, 2.24) is 0 Å². The van der Waals surface area contributed by atoms with Crippen LogP contribution in [0.1, 0.15) is 245 Å². The number of hydrogen-bond acceptors (Lipinski definition) is 6. The van der Waals surface area contributed by atoms with Gasteiger partial charge in [0.25, 0.3) is 0 Å². The average Bonchev–Trinajstić information content (AvgIpc) is 3.17. The molecule has 6 heteroatoms. The minimum atomic E-state index is -0.765. The molecule has 0 aromatic carbocycles.